The highest BCUT2D eigenvalue weighted by molar-refractivity contribution is 7.89. The summed E-state index contributed by atoms with van der Waals surface area (Å²) >= 11 is 0. The van der Waals surface area contributed by atoms with Crippen LogP contribution in [0.3, 0.4) is 0 Å². The lowest BCUT2D eigenvalue weighted by molar-refractivity contribution is 0.353. The van der Waals surface area contributed by atoms with Crippen LogP contribution < -0.4 is 19.5 Å². The fourth-order valence-electron chi connectivity index (χ4n) is 2.04. The van der Waals surface area contributed by atoms with E-state index < -0.39 is 10.0 Å². The molecule has 2 N–H and O–H groups in total. The largest absolute Gasteiger partial charge is 0.493 e. The molecule has 0 bridgehead atoms. The molecular formula is C14H24N2O4S. The van der Waals surface area contributed by atoms with Gasteiger partial charge in [-0.3, -0.25) is 0 Å². The van der Waals surface area contributed by atoms with E-state index in [-0.39, 0.29) is 11.8 Å². The lowest BCUT2D eigenvalue weighted by atomic mass is 10.0. The standard InChI is InChI=1S/C14H24N2O4S/c1-5-12(16-8-9-21(17,18)15-2)11-6-7-13(19-3)14(10-11)20-4/h6-7,10,12,15-16H,5,8-9H2,1-4H3. The van der Waals surface area contributed by atoms with E-state index in [0.717, 1.165) is 12.0 Å². The topological polar surface area (TPSA) is 76.7 Å². The van der Waals surface area contributed by atoms with E-state index >= 15 is 0 Å². The van der Waals surface area contributed by atoms with Crippen LogP contribution in [0.15, 0.2) is 18.2 Å². The quantitative estimate of drug-likeness (QED) is 0.718. The molecule has 0 spiro atoms. The van der Waals surface area contributed by atoms with Crippen LogP contribution in [-0.4, -0.2) is 42.0 Å². The van der Waals surface area contributed by atoms with E-state index in [1.165, 1.54) is 7.05 Å². The van der Waals surface area contributed by atoms with Gasteiger partial charge in [0.05, 0.1) is 20.0 Å². The SMILES string of the molecule is CCC(NCCS(=O)(=O)NC)c1ccc(OC)c(OC)c1. The molecule has 1 atom stereocenters. The summed E-state index contributed by atoms with van der Waals surface area (Å²) in [5.41, 5.74) is 1.04. The second-order valence-electron chi connectivity index (χ2n) is 4.55. The summed E-state index contributed by atoms with van der Waals surface area (Å²) in [4.78, 5) is 0. The molecular weight excluding hydrogens is 292 g/mol. The fraction of sp³-hybridized carbons (Fsp3) is 0.571. The number of nitrogens with one attached hydrogen (secondary N) is 2. The van der Waals surface area contributed by atoms with E-state index in [1.807, 2.05) is 25.1 Å². The average Bonchev–Trinajstić information content (AvgIpc) is 2.51. The molecule has 0 aliphatic heterocycles. The summed E-state index contributed by atoms with van der Waals surface area (Å²) in [6.07, 6.45) is 0.842. The third-order valence-electron chi connectivity index (χ3n) is 3.29. The lowest BCUT2D eigenvalue weighted by Crippen LogP contribution is -2.31. The molecule has 120 valence electrons. The van der Waals surface area contributed by atoms with Crippen molar-refractivity contribution in [3.05, 3.63) is 23.8 Å². The van der Waals surface area contributed by atoms with Gasteiger partial charge in [0.15, 0.2) is 11.5 Å². The summed E-state index contributed by atoms with van der Waals surface area (Å²) in [6.45, 7) is 2.43. The van der Waals surface area contributed by atoms with Gasteiger partial charge >= 0.3 is 0 Å². The number of hydrogen-bond acceptors (Lipinski definition) is 5. The zero-order valence-electron chi connectivity index (χ0n) is 13.0. The molecule has 0 radical (unpaired) electrons. The zero-order valence-corrected chi connectivity index (χ0v) is 13.8. The lowest BCUT2D eigenvalue weighted by Gasteiger charge is -2.19. The van der Waals surface area contributed by atoms with Crippen molar-refractivity contribution in [3.8, 4) is 11.5 Å². The normalized spacial score (nSPS) is 13.0. The maximum atomic E-state index is 11.4. The molecule has 1 aromatic carbocycles. The summed E-state index contributed by atoms with van der Waals surface area (Å²) in [6, 6.07) is 5.78. The molecule has 1 rings (SSSR count). The Kier molecular flexibility index (Phi) is 6.94. The van der Waals surface area contributed by atoms with Crippen LogP contribution in [0, 0.1) is 0 Å². The van der Waals surface area contributed by atoms with Crippen molar-refractivity contribution in [3.63, 3.8) is 0 Å². The number of rotatable bonds is 9. The van der Waals surface area contributed by atoms with Gasteiger partial charge in [0.25, 0.3) is 0 Å². The number of sulfonamides is 1. The van der Waals surface area contributed by atoms with Crippen LogP contribution in [0.5, 0.6) is 11.5 Å². The second-order valence-corrected chi connectivity index (χ2v) is 6.60. The molecule has 1 aromatic rings. The van der Waals surface area contributed by atoms with Crippen LogP contribution in [0.1, 0.15) is 24.9 Å². The zero-order chi connectivity index (χ0) is 15.9. The predicted octanol–water partition coefficient (Wildman–Crippen LogP) is 1.29. The molecule has 0 aromatic heterocycles. The summed E-state index contributed by atoms with van der Waals surface area (Å²) in [7, 11) is 1.42. The molecule has 0 aliphatic rings. The molecule has 0 saturated carbocycles. The summed E-state index contributed by atoms with van der Waals surface area (Å²) in [5, 5.41) is 3.25. The Labute approximate surface area is 126 Å². The molecule has 6 nitrogen and oxygen atoms in total. The highest BCUT2D eigenvalue weighted by Crippen LogP contribution is 2.30. The van der Waals surface area contributed by atoms with Crippen LogP contribution in [0.25, 0.3) is 0 Å². The van der Waals surface area contributed by atoms with Crippen molar-refractivity contribution in [2.45, 2.75) is 19.4 Å². The van der Waals surface area contributed by atoms with Crippen molar-refractivity contribution in [1.82, 2.24) is 10.0 Å². The number of hydrogen-bond donors (Lipinski definition) is 2. The first-order valence-electron chi connectivity index (χ1n) is 6.84. The van der Waals surface area contributed by atoms with Gasteiger partial charge in [-0.2, -0.15) is 0 Å². The smallest absolute Gasteiger partial charge is 0.212 e. The van der Waals surface area contributed by atoms with Gasteiger partial charge in [-0.05, 0) is 31.2 Å². The van der Waals surface area contributed by atoms with Crippen molar-refractivity contribution in [2.75, 3.05) is 33.6 Å². The Morgan fingerprint density at radius 1 is 1.19 bits per heavy atom. The van der Waals surface area contributed by atoms with Gasteiger partial charge in [0.1, 0.15) is 0 Å². The van der Waals surface area contributed by atoms with Crippen molar-refractivity contribution >= 4 is 10.0 Å². The second kappa shape index (κ2) is 8.21. The average molecular weight is 316 g/mol. The Morgan fingerprint density at radius 3 is 2.38 bits per heavy atom. The van der Waals surface area contributed by atoms with Crippen molar-refractivity contribution in [1.29, 1.82) is 0 Å². The molecule has 1 unspecified atom stereocenters. The van der Waals surface area contributed by atoms with Crippen molar-refractivity contribution in [2.24, 2.45) is 0 Å². The first kappa shape index (κ1) is 17.7. The highest BCUT2D eigenvalue weighted by atomic mass is 32.2. The van der Waals surface area contributed by atoms with E-state index in [4.69, 9.17) is 9.47 Å². The highest BCUT2D eigenvalue weighted by Gasteiger charge is 2.14. The predicted molar refractivity (Wildman–Crippen MR) is 83.4 cm³/mol. The van der Waals surface area contributed by atoms with Gasteiger partial charge in [0.2, 0.25) is 10.0 Å². The van der Waals surface area contributed by atoms with Crippen LogP contribution in [0.2, 0.25) is 0 Å². The molecule has 0 aliphatic carbocycles. The van der Waals surface area contributed by atoms with Gasteiger partial charge in [-0.25, -0.2) is 13.1 Å². The molecule has 0 saturated heterocycles. The third kappa shape index (κ3) is 5.18. The van der Waals surface area contributed by atoms with E-state index in [2.05, 4.69) is 10.0 Å². The van der Waals surface area contributed by atoms with Crippen LogP contribution >= 0.6 is 0 Å². The number of benzene rings is 1. The Bertz CT molecular complexity index is 546. The Hall–Kier alpha value is -1.31. The molecule has 7 heteroatoms. The third-order valence-corrected chi connectivity index (χ3v) is 4.65. The number of methoxy groups -OCH3 is 2. The maximum absolute atomic E-state index is 11.4. The molecule has 0 fully saturated rings. The maximum Gasteiger partial charge on any atom is 0.212 e. The first-order valence-corrected chi connectivity index (χ1v) is 8.49. The Balaban J connectivity index is 2.76. The Morgan fingerprint density at radius 2 is 1.86 bits per heavy atom. The minimum absolute atomic E-state index is 0.0489. The van der Waals surface area contributed by atoms with E-state index in [9.17, 15) is 8.42 Å². The summed E-state index contributed by atoms with van der Waals surface area (Å²) < 4.78 is 35.6. The van der Waals surface area contributed by atoms with Crippen molar-refractivity contribution < 1.29 is 17.9 Å². The molecule has 0 amide bonds. The number of ether oxygens (including phenoxy) is 2. The summed E-state index contributed by atoms with van der Waals surface area (Å²) in [5.74, 6) is 1.39. The minimum atomic E-state index is -3.19. The van der Waals surface area contributed by atoms with Gasteiger partial charge in [0, 0.05) is 12.6 Å². The fourth-order valence-corrected chi connectivity index (χ4v) is 2.63. The van der Waals surface area contributed by atoms with E-state index in [1.54, 1.807) is 14.2 Å². The van der Waals surface area contributed by atoms with Crippen LogP contribution in [0.4, 0.5) is 0 Å². The molecule has 0 heterocycles. The van der Waals surface area contributed by atoms with Gasteiger partial charge in [-0.1, -0.05) is 13.0 Å². The van der Waals surface area contributed by atoms with Gasteiger partial charge < -0.3 is 14.8 Å². The minimum Gasteiger partial charge on any atom is -0.493 e. The monoisotopic (exact) mass is 316 g/mol. The van der Waals surface area contributed by atoms with Crippen LogP contribution in [-0.2, 0) is 10.0 Å². The first-order chi connectivity index (χ1) is 9.97. The van der Waals surface area contributed by atoms with E-state index in [0.29, 0.717) is 18.0 Å². The van der Waals surface area contributed by atoms with Gasteiger partial charge in [-0.15, -0.1) is 0 Å². The molecule has 21 heavy (non-hydrogen) atoms.